The molecule has 2 heterocycles. The predicted octanol–water partition coefficient (Wildman–Crippen LogP) is 3.46. The molecule has 0 unspecified atom stereocenters. The van der Waals surface area contributed by atoms with Crippen LogP contribution in [0.4, 0.5) is 5.69 Å². The largest absolute Gasteiger partial charge is 0.321 e. The molecule has 1 aromatic carbocycles. The van der Waals surface area contributed by atoms with Crippen molar-refractivity contribution in [1.29, 1.82) is 0 Å². The van der Waals surface area contributed by atoms with E-state index in [2.05, 4.69) is 20.3 Å². The number of para-hydroxylation sites is 1. The van der Waals surface area contributed by atoms with E-state index in [0.717, 1.165) is 28.7 Å². The lowest BCUT2D eigenvalue weighted by atomic mass is 10.1. The summed E-state index contributed by atoms with van der Waals surface area (Å²) >= 11 is 0. The fraction of sp³-hybridized carbons (Fsp3) is 0.222. The highest BCUT2D eigenvalue weighted by Crippen LogP contribution is 2.24. The zero-order valence-corrected chi connectivity index (χ0v) is 13.4. The van der Waals surface area contributed by atoms with Gasteiger partial charge < -0.3 is 5.32 Å². The minimum atomic E-state index is -0.207. The lowest BCUT2D eigenvalue weighted by molar-refractivity contribution is 0.102. The molecule has 23 heavy (non-hydrogen) atoms. The molecule has 0 fully saturated rings. The van der Waals surface area contributed by atoms with Crippen LogP contribution in [0.2, 0.25) is 0 Å². The lowest BCUT2D eigenvalue weighted by Gasteiger charge is -2.11. The number of aryl methyl sites for hydroxylation is 3. The quantitative estimate of drug-likeness (QED) is 0.804. The first kappa shape index (κ1) is 15.1. The van der Waals surface area contributed by atoms with Crippen molar-refractivity contribution in [3.63, 3.8) is 0 Å². The summed E-state index contributed by atoms with van der Waals surface area (Å²) in [6, 6.07) is 9.70. The Morgan fingerprint density at radius 1 is 1.17 bits per heavy atom. The maximum Gasteiger partial charge on any atom is 0.259 e. The van der Waals surface area contributed by atoms with Gasteiger partial charge in [-0.2, -0.15) is 0 Å². The minimum Gasteiger partial charge on any atom is -0.321 e. The molecule has 116 valence electrons. The van der Waals surface area contributed by atoms with Gasteiger partial charge in [0, 0.05) is 17.3 Å². The number of carbonyl (C=O) groups is 1. The molecule has 0 saturated heterocycles. The number of aromatic nitrogens is 3. The van der Waals surface area contributed by atoms with Crippen LogP contribution >= 0.6 is 0 Å². The van der Waals surface area contributed by atoms with Gasteiger partial charge in [0.15, 0.2) is 0 Å². The SMILES string of the molecule is CCc1cc(NC(=O)c2cnc(C)nc2C)c2ccccc2n1. The number of hydrogen-bond donors (Lipinski definition) is 1. The molecule has 0 aliphatic heterocycles. The number of nitrogens with one attached hydrogen (secondary N) is 1. The van der Waals surface area contributed by atoms with Crippen LogP contribution in [0.15, 0.2) is 36.5 Å². The second-order valence-corrected chi connectivity index (χ2v) is 5.40. The number of pyridine rings is 1. The molecule has 5 heteroatoms. The molecule has 0 atom stereocenters. The summed E-state index contributed by atoms with van der Waals surface area (Å²) in [5.41, 5.74) is 3.73. The van der Waals surface area contributed by atoms with Crippen molar-refractivity contribution in [2.75, 3.05) is 5.32 Å². The molecule has 2 aromatic heterocycles. The van der Waals surface area contributed by atoms with Crippen LogP contribution in [-0.2, 0) is 6.42 Å². The smallest absolute Gasteiger partial charge is 0.259 e. The number of fused-ring (bicyclic) bond motifs is 1. The zero-order valence-electron chi connectivity index (χ0n) is 13.4. The number of hydrogen-bond acceptors (Lipinski definition) is 4. The Labute approximate surface area is 134 Å². The summed E-state index contributed by atoms with van der Waals surface area (Å²) in [6.45, 7) is 5.66. The van der Waals surface area contributed by atoms with Gasteiger partial charge in [0.2, 0.25) is 0 Å². The molecule has 0 radical (unpaired) electrons. The van der Waals surface area contributed by atoms with Gasteiger partial charge in [-0.1, -0.05) is 25.1 Å². The molecule has 3 rings (SSSR count). The van der Waals surface area contributed by atoms with Gasteiger partial charge in [-0.3, -0.25) is 9.78 Å². The van der Waals surface area contributed by atoms with Crippen molar-refractivity contribution in [2.24, 2.45) is 0 Å². The molecule has 5 nitrogen and oxygen atoms in total. The van der Waals surface area contributed by atoms with E-state index in [0.29, 0.717) is 17.1 Å². The van der Waals surface area contributed by atoms with Crippen LogP contribution in [0.1, 0.15) is 34.5 Å². The Hall–Kier alpha value is -2.82. The highest BCUT2D eigenvalue weighted by molar-refractivity contribution is 6.09. The molecule has 3 aromatic rings. The molecule has 1 N–H and O–H groups in total. The van der Waals surface area contributed by atoms with Gasteiger partial charge in [-0.05, 0) is 32.4 Å². The molecule has 0 saturated carbocycles. The van der Waals surface area contributed by atoms with E-state index < -0.39 is 0 Å². The highest BCUT2D eigenvalue weighted by atomic mass is 16.1. The van der Waals surface area contributed by atoms with Gasteiger partial charge in [-0.15, -0.1) is 0 Å². The van der Waals surface area contributed by atoms with Crippen LogP contribution in [0, 0.1) is 13.8 Å². The Balaban J connectivity index is 2.02. The van der Waals surface area contributed by atoms with Crippen LogP contribution < -0.4 is 5.32 Å². The van der Waals surface area contributed by atoms with E-state index in [4.69, 9.17) is 0 Å². The van der Waals surface area contributed by atoms with Gasteiger partial charge in [0.1, 0.15) is 5.82 Å². The van der Waals surface area contributed by atoms with E-state index >= 15 is 0 Å². The first-order chi connectivity index (χ1) is 11.1. The third-order valence-electron chi connectivity index (χ3n) is 3.72. The van der Waals surface area contributed by atoms with Crippen molar-refractivity contribution < 1.29 is 4.79 Å². The van der Waals surface area contributed by atoms with Crippen molar-refractivity contribution in [3.8, 4) is 0 Å². The third kappa shape index (κ3) is 3.04. The van der Waals surface area contributed by atoms with Gasteiger partial charge in [0.05, 0.1) is 22.5 Å². The van der Waals surface area contributed by atoms with Crippen LogP contribution in [0.25, 0.3) is 10.9 Å². The fourth-order valence-corrected chi connectivity index (χ4v) is 2.51. The Morgan fingerprint density at radius 3 is 2.70 bits per heavy atom. The maximum atomic E-state index is 12.6. The number of rotatable bonds is 3. The first-order valence-corrected chi connectivity index (χ1v) is 7.58. The summed E-state index contributed by atoms with van der Waals surface area (Å²) in [6.07, 6.45) is 2.37. The van der Waals surface area contributed by atoms with Gasteiger partial charge in [-0.25, -0.2) is 9.97 Å². The number of carbonyl (C=O) groups excluding carboxylic acids is 1. The normalized spacial score (nSPS) is 10.7. The predicted molar refractivity (Wildman–Crippen MR) is 90.6 cm³/mol. The zero-order chi connectivity index (χ0) is 16.4. The lowest BCUT2D eigenvalue weighted by Crippen LogP contribution is -2.15. The van der Waals surface area contributed by atoms with Crippen molar-refractivity contribution in [1.82, 2.24) is 15.0 Å². The topological polar surface area (TPSA) is 67.8 Å². The molecular formula is C18H18N4O. The van der Waals surface area contributed by atoms with Crippen molar-refractivity contribution >= 4 is 22.5 Å². The maximum absolute atomic E-state index is 12.6. The van der Waals surface area contributed by atoms with Crippen molar-refractivity contribution in [3.05, 3.63) is 59.3 Å². The molecule has 1 amide bonds. The van der Waals surface area contributed by atoms with Crippen molar-refractivity contribution in [2.45, 2.75) is 27.2 Å². The summed E-state index contributed by atoms with van der Waals surface area (Å²) < 4.78 is 0. The van der Waals surface area contributed by atoms with Crippen LogP contribution in [0.5, 0.6) is 0 Å². The van der Waals surface area contributed by atoms with E-state index in [1.54, 1.807) is 13.1 Å². The van der Waals surface area contributed by atoms with Crippen LogP contribution in [0.3, 0.4) is 0 Å². The second kappa shape index (κ2) is 6.12. The average molecular weight is 306 g/mol. The monoisotopic (exact) mass is 306 g/mol. The van der Waals surface area contributed by atoms with E-state index in [9.17, 15) is 4.79 Å². The Kier molecular flexibility index (Phi) is 4.02. The number of amides is 1. The summed E-state index contributed by atoms with van der Waals surface area (Å²) in [4.78, 5) is 25.5. The minimum absolute atomic E-state index is 0.207. The summed E-state index contributed by atoms with van der Waals surface area (Å²) in [5, 5.41) is 3.90. The van der Waals surface area contributed by atoms with Gasteiger partial charge >= 0.3 is 0 Å². The Morgan fingerprint density at radius 2 is 1.96 bits per heavy atom. The van der Waals surface area contributed by atoms with Gasteiger partial charge in [0.25, 0.3) is 5.91 Å². The van der Waals surface area contributed by atoms with Crippen LogP contribution in [-0.4, -0.2) is 20.9 Å². The molecule has 0 bridgehead atoms. The highest BCUT2D eigenvalue weighted by Gasteiger charge is 2.13. The number of nitrogens with zero attached hydrogens (tertiary/aromatic N) is 3. The summed E-state index contributed by atoms with van der Waals surface area (Å²) in [5.74, 6) is 0.447. The van der Waals surface area contributed by atoms with E-state index in [1.807, 2.05) is 44.2 Å². The summed E-state index contributed by atoms with van der Waals surface area (Å²) in [7, 11) is 0. The third-order valence-corrected chi connectivity index (χ3v) is 3.72. The first-order valence-electron chi connectivity index (χ1n) is 7.58. The van der Waals surface area contributed by atoms with E-state index in [1.165, 1.54) is 0 Å². The molecule has 0 aliphatic rings. The van der Waals surface area contributed by atoms with E-state index in [-0.39, 0.29) is 5.91 Å². The number of anilines is 1. The standard InChI is InChI=1S/C18H18N4O/c1-4-13-9-17(14-7-5-6-8-16(14)21-13)22-18(23)15-10-19-12(3)20-11(15)2/h5-10H,4H2,1-3H3,(H,21,22,23). The molecule has 0 spiro atoms. The fourth-order valence-electron chi connectivity index (χ4n) is 2.51. The molecule has 0 aliphatic carbocycles. The molecular weight excluding hydrogens is 288 g/mol. The number of benzene rings is 1. The Bertz CT molecular complexity index is 889. The average Bonchev–Trinajstić information content (AvgIpc) is 2.54. The second-order valence-electron chi connectivity index (χ2n) is 5.40.